The third-order valence-electron chi connectivity index (χ3n) is 4.66. The predicted molar refractivity (Wildman–Crippen MR) is 89.6 cm³/mol. The summed E-state index contributed by atoms with van der Waals surface area (Å²) in [7, 11) is 0. The summed E-state index contributed by atoms with van der Waals surface area (Å²) in [6.45, 7) is 6.00. The quantitative estimate of drug-likeness (QED) is 0.762. The molecule has 2 atom stereocenters. The molecule has 126 valence electrons. The number of rotatable bonds is 5. The minimum absolute atomic E-state index is 0.00899. The standard InChI is InChI=1S/C17H26N4O2/c1-12-5-3-4-6-13(12)14(20-16(19)23)9-15(22)21-8-7-17(2,10-18)11-21/h3-6,14H,7-11,18H2,1-2H3,(H3,19,20,23). The van der Waals surface area contributed by atoms with Gasteiger partial charge < -0.3 is 21.7 Å². The zero-order valence-corrected chi connectivity index (χ0v) is 13.8. The van der Waals surface area contributed by atoms with E-state index in [1.807, 2.05) is 36.1 Å². The maximum atomic E-state index is 12.6. The van der Waals surface area contributed by atoms with Crippen molar-refractivity contribution in [1.82, 2.24) is 10.2 Å². The van der Waals surface area contributed by atoms with Gasteiger partial charge in [0.1, 0.15) is 0 Å². The van der Waals surface area contributed by atoms with E-state index in [0.29, 0.717) is 19.6 Å². The molecule has 6 heteroatoms. The number of hydrogen-bond donors (Lipinski definition) is 3. The normalized spacial score (nSPS) is 22.0. The van der Waals surface area contributed by atoms with Gasteiger partial charge in [0, 0.05) is 13.1 Å². The van der Waals surface area contributed by atoms with Gasteiger partial charge in [-0.3, -0.25) is 4.79 Å². The van der Waals surface area contributed by atoms with Gasteiger partial charge in [0.25, 0.3) is 0 Å². The Balaban J connectivity index is 2.11. The molecule has 1 saturated heterocycles. The number of aryl methyl sites for hydroxylation is 1. The lowest BCUT2D eigenvalue weighted by atomic mass is 9.90. The van der Waals surface area contributed by atoms with Crippen molar-refractivity contribution in [3.8, 4) is 0 Å². The van der Waals surface area contributed by atoms with Crippen molar-refractivity contribution in [3.05, 3.63) is 35.4 Å². The Hall–Kier alpha value is -2.08. The molecule has 6 nitrogen and oxygen atoms in total. The zero-order valence-electron chi connectivity index (χ0n) is 13.8. The highest BCUT2D eigenvalue weighted by Crippen LogP contribution is 2.30. The van der Waals surface area contributed by atoms with E-state index in [1.165, 1.54) is 0 Å². The molecule has 23 heavy (non-hydrogen) atoms. The number of carbonyl (C=O) groups excluding carboxylic acids is 2. The minimum atomic E-state index is -0.626. The van der Waals surface area contributed by atoms with Gasteiger partial charge in [-0.25, -0.2) is 4.79 Å². The first kappa shape index (κ1) is 17.3. The number of nitrogens with one attached hydrogen (secondary N) is 1. The van der Waals surface area contributed by atoms with Crippen LogP contribution in [0.4, 0.5) is 4.79 Å². The van der Waals surface area contributed by atoms with Crippen LogP contribution in [0.5, 0.6) is 0 Å². The van der Waals surface area contributed by atoms with Crippen LogP contribution in [0.2, 0.25) is 0 Å². The van der Waals surface area contributed by atoms with Crippen molar-refractivity contribution >= 4 is 11.9 Å². The molecule has 1 aliphatic heterocycles. The van der Waals surface area contributed by atoms with Crippen LogP contribution in [0.15, 0.2) is 24.3 Å². The second kappa shape index (κ2) is 7.00. The lowest BCUT2D eigenvalue weighted by Gasteiger charge is -2.25. The highest BCUT2D eigenvalue weighted by atomic mass is 16.2. The molecular weight excluding hydrogens is 292 g/mol. The van der Waals surface area contributed by atoms with E-state index in [4.69, 9.17) is 11.5 Å². The number of urea groups is 1. The van der Waals surface area contributed by atoms with Crippen LogP contribution in [0.25, 0.3) is 0 Å². The molecule has 0 saturated carbocycles. The van der Waals surface area contributed by atoms with Gasteiger partial charge in [-0.2, -0.15) is 0 Å². The second-order valence-electron chi connectivity index (χ2n) is 6.70. The van der Waals surface area contributed by atoms with Gasteiger partial charge in [0.2, 0.25) is 5.91 Å². The molecule has 1 aromatic rings. The molecule has 3 amide bonds. The van der Waals surface area contributed by atoms with E-state index in [1.54, 1.807) is 0 Å². The molecule has 2 unspecified atom stereocenters. The van der Waals surface area contributed by atoms with Crippen molar-refractivity contribution in [1.29, 1.82) is 0 Å². The number of nitrogens with two attached hydrogens (primary N) is 2. The van der Waals surface area contributed by atoms with Crippen molar-refractivity contribution < 1.29 is 9.59 Å². The Bertz CT molecular complexity index is 590. The van der Waals surface area contributed by atoms with Crippen LogP contribution in [0, 0.1) is 12.3 Å². The maximum absolute atomic E-state index is 12.6. The Morgan fingerprint density at radius 2 is 2.09 bits per heavy atom. The third kappa shape index (κ3) is 4.22. The molecule has 1 heterocycles. The molecule has 0 bridgehead atoms. The predicted octanol–water partition coefficient (Wildman–Crippen LogP) is 1.29. The van der Waals surface area contributed by atoms with Gasteiger partial charge in [-0.1, -0.05) is 31.2 Å². The van der Waals surface area contributed by atoms with E-state index in [2.05, 4.69) is 12.2 Å². The van der Waals surface area contributed by atoms with Crippen LogP contribution >= 0.6 is 0 Å². The molecule has 1 fully saturated rings. The van der Waals surface area contributed by atoms with Crippen molar-refractivity contribution in [2.45, 2.75) is 32.7 Å². The highest BCUT2D eigenvalue weighted by Gasteiger charge is 2.35. The van der Waals surface area contributed by atoms with E-state index in [0.717, 1.165) is 17.5 Å². The van der Waals surface area contributed by atoms with Crippen molar-refractivity contribution in [2.75, 3.05) is 19.6 Å². The fourth-order valence-electron chi connectivity index (χ4n) is 3.10. The fraction of sp³-hybridized carbons (Fsp3) is 0.529. The maximum Gasteiger partial charge on any atom is 0.312 e. The summed E-state index contributed by atoms with van der Waals surface area (Å²) in [5.41, 5.74) is 13.0. The first-order valence-electron chi connectivity index (χ1n) is 7.94. The highest BCUT2D eigenvalue weighted by molar-refractivity contribution is 5.79. The Kier molecular flexibility index (Phi) is 5.26. The molecule has 1 aliphatic rings. The monoisotopic (exact) mass is 318 g/mol. The van der Waals surface area contributed by atoms with Gasteiger partial charge >= 0.3 is 6.03 Å². The number of nitrogens with zero attached hydrogens (tertiary/aromatic N) is 1. The Morgan fingerprint density at radius 1 is 1.39 bits per heavy atom. The lowest BCUT2D eigenvalue weighted by Crippen LogP contribution is -2.39. The number of amides is 3. The summed E-state index contributed by atoms with van der Waals surface area (Å²) in [5.74, 6) is 0.0178. The summed E-state index contributed by atoms with van der Waals surface area (Å²) < 4.78 is 0. The van der Waals surface area contributed by atoms with Gasteiger partial charge in [-0.05, 0) is 36.4 Å². The fourth-order valence-corrected chi connectivity index (χ4v) is 3.10. The second-order valence-corrected chi connectivity index (χ2v) is 6.70. The largest absolute Gasteiger partial charge is 0.352 e. The zero-order chi connectivity index (χ0) is 17.0. The molecule has 2 rings (SSSR count). The molecule has 0 radical (unpaired) electrons. The number of carbonyl (C=O) groups is 2. The van der Waals surface area contributed by atoms with Gasteiger partial charge in [0.05, 0.1) is 12.5 Å². The molecular formula is C17H26N4O2. The number of hydrogen-bond acceptors (Lipinski definition) is 3. The number of primary amides is 1. The number of likely N-dealkylation sites (tertiary alicyclic amines) is 1. The van der Waals surface area contributed by atoms with E-state index >= 15 is 0 Å². The topological polar surface area (TPSA) is 101 Å². The summed E-state index contributed by atoms with van der Waals surface area (Å²) in [6, 6.07) is 6.65. The molecule has 0 aromatic heterocycles. The average Bonchev–Trinajstić information content (AvgIpc) is 2.90. The van der Waals surface area contributed by atoms with Crippen LogP contribution in [0.1, 0.15) is 36.9 Å². The molecule has 5 N–H and O–H groups in total. The summed E-state index contributed by atoms with van der Waals surface area (Å²) in [5, 5.41) is 2.69. The van der Waals surface area contributed by atoms with Crippen molar-refractivity contribution in [2.24, 2.45) is 16.9 Å². The van der Waals surface area contributed by atoms with Gasteiger partial charge in [0.15, 0.2) is 0 Å². The van der Waals surface area contributed by atoms with Crippen LogP contribution in [0.3, 0.4) is 0 Å². The number of benzene rings is 1. The van der Waals surface area contributed by atoms with E-state index < -0.39 is 12.1 Å². The average molecular weight is 318 g/mol. The minimum Gasteiger partial charge on any atom is -0.352 e. The van der Waals surface area contributed by atoms with E-state index in [9.17, 15) is 9.59 Å². The first-order chi connectivity index (χ1) is 10.8. The summed E-state index contributed by atoms with van der Waals surface area (Å²) >= 11 is 0. The van der Waals surface area contributed by atoms with Crippen LogP contribution in [-0.4, -0.2) is 36.5 Å². The van der Waals surface area contributed by atoms with Gasteiger partial charge in [-0.15, -0.1) is 0 Å². The third-order valence-corrected chi connectivity index (χ3v) is 4.66. The Morgan fingerprint density at radius 3 is 2.65 bits per heavy atom. The SMILES string of the molecule is Cc1ccccc1C(CC(=O)N1CCC(C)(CN)C1)NC(N)=O. The smallest absolute Gasteiger partial charge is 0.312 e. The summed E-state index contributed by atoms with van der Waals surface area (Å²) in [6.07, 6.45) is 1.11. The molecule has 0 spiro atoms. The molecule has 1 aromatic carbocycles. The lowest BCUT2D eigenvalue weighted by molar-refractivity contribution is -0.131. The summed E-state index contributed by atoms with van der Waals surface area (Å²) in [4.78, 5) is 25.8. The van der Waals surface area contributed by atoms with Crippen LogP contribution in [-0.2, 0) is 4.79 Å². The molecule has 0 aliphatic carbocycles. The Labute approximate surface area is 137 Å². The van der Waals surface area contributed by atoms with Crippen LogP contribution < -0.4 is 16.8 Å². The first-order valence-corrected chi connectivity index (χ1v) is 7.94. The van der Waals surface area contributed by atoms with Crippen molar-refractivity contribution in [3.63, 3.8) is 0 Å². The van der Waals surface area contributed by atoms with E-state index in [-0.39, 0.29) is 17.7 Å².